The summed E-state index contributed by atoms with van der Waals surface area (Å²) in [7, 11) is 0. The molecule has 0 bridgehead atoms. The Morgan fingerprint density at radius 3 is 2.65 bits per heavy atom. The van der Waals surface area contributed by atoms with Gasteiger partial charge in [-0.2, -0.15) is 0 Å². The molecule has 0 aromatic heterocycles. The van der Waals surface area contributed by atoms with Crippen LogP contribution in [0.2, 0.25) is 0 Å². The molecule has 2 aliphatic rings. The summed E-state index contributed by atoms with van der Waals surface area (Å²) in [5.41, 5.74) is 0. The van der Waals surface area contributed by atoms with Crippen LogP contribution in [0.15, 0.2) is 0 Å². The highest BCUT2D eigenvalue weighted by Gasteiger charge is 2.42. The van der Waals surface area contributed by atoms with Crippen LogP contribution in [0.4, 0.5) is 0 Å². The summed E-state index contributed by atoms with van der Waals surface area (Å²) in [4.78, 5) is 24.9. The zero-order chi connectivity index (χ0) is 12.4. The summed E-state index contributed by atoms with van der Waals surface area (Å²) in [5.74, 6) is 0.240. The third kappa shape index (κ3) is 2.94. The molecule has 1 aliphatic heterocycles. The zero-order valence-electron chi connectivity index (χ0n) is 10.1. The lowest BCUT2D eigenvalue weighted by molar-refractivity contribution is -0.149. The van der Waals surface area contributed by atoms with Gasteiger partial charge in [0.2, 0.25) is 5.91 Å². The maximum absolute atomic E-state index is 12.1. The molecule has 1 heterocycles. The second-order valence-electron chi connectivity index (χ2n) is 4.88. The second-order valence-corrected chi connectivity index (χ2v) is 6.09. The van der Waals surface area contributed by atoms with Gasteiger partial charge < -0.3 is 10.0 Å². The number of carbonyl (C=O) groups excluding carboxylic acids is 1. The smallest absolute Gasteiger partial charge is 0.327 e. The number of carboxylic acids is 1. The molecule has 0 radical (unpaired) electrons. The first-order valence-electron chi connectivity index (χ1n) is 6.29. The van der Waals surface area contributed by atoms with Crippen molar-refractivity contribution >= 4 is 23.6 Å². The lowest BCUT2D eigenvalue weighted by atomic mass is 10.2. The topological polar surface area (TPSA) is 57.6 Å². The van der Waals surface area contributed by atoms with E-state index < -0.39 is 12.0 Å². The third-order valence-corrected chi connectivity index (χ3v) is 4.72. The van der Waals surface area contributed by atoms with Crippen LogP contribution >= 0.6 is 11.8 Å². The number of thioether (sulfide) groups is 1. The van der Waals surface area contributed by atoms with E-state index >= 15 is 0 Å². The maximum Gasteiger partial charge on any atom is 0.327 e. The van der Waals surface area contributed by atoms with E-state index in [1.807, 2.05) is 0 Å². The van der Waals surface area contributed by atoms with Crippen molar-refractivity contribution in [3.8, 4) is 0 Å². The van der Waals surface area contributed by atoms with Gasteiger partial charge in [-0.05, 0) is 25.2 Å². The van der Waals surface area contributed by atoms with Gasteiger partial charge in [0.15, 0.2) is 0 Å². The van der Waals surface area contributed by atoms with Crippen LogP contribution in [-0.4, -0.2) is 39.1 Å². The number of amides is 1. The quantitative estimate of drug-likeness (QED) is 0.817. The zero-order valence-corrected chi connectivity index (χ0v) is 10.9. The predicted octanol–water partition coefficient (Wildman–Crippen LogP) is 1.94. The number of carboxylic acid groups (broad SMARTS) is 1. The van der Waals surface area contributed by atoms with E-state index in [9.17, 15) is 9.59 Å². The molecule has 2 rings (SSSR count). The van der Waals surface area contributed by atoms with E-state index in [0.29, 0.717) is 18.1 Å². The number of hydrogen-bond donors (Lipinski definition) is 1. The van der Waals surface area contributed by atoms with Crippen LogP contribution in [0.1, 0.15) is 39.0 Å². The van der Waals surface area contributed by atoms with Crippen molar-refractivity contribution in [3.05, 3.63) is 0 Å². The minimum Gasteiger partial charge on any atom is -0.480 e. The first-order valence-corrected chi connectivity index (χ1v) is 7.34. The summed E-state index contributed by atoms with van der Waals surface area (Å²) < 4.78 is 0. The molecule has 1 N–H and O–H groups in total. The lowest BCUT2D eigenvalue weighted by Gasteiger charge is -2.27. The molecule has 0 aromatic rings. The Morgan fingerprint density at radius 1 is 1.41 bits per heavy atom. The van der Waals surface area contributed by atoms with Gasteiger partial charge in [-0.15, -0.1) is 11.8 Å². The molecular weight excluding hydrogens is 238 g/mol. The molecule has 1 amide bonds. The highest BCUT2D eigenvalue weighted by molar-refractivity contribution is 8.00. The monoisotopic (exact) mass is 257 g/mol. The van der Waals surface area contributed by atoms with Gasteiger partial charge in [-0.1, -0.05) is 13.3 Å². The fourth-order valence-corrected chi connectivity index (χ4v) is 3.77. The van der Waals surface area contributed by atoms with E-state index in [0.717, 1.165) is 25.7 Å². The van der Waals surface area contributed by atoms with Gasteiger partial charge in [-0.3, -0.25) is 4.79 Å². The second kappa shape index (κ2) is 5.29. The van der Waals surface area contributed by atoms with Crippen molar-refractivity contribution < 1.29 is 14.7 Å². The lowest BCUT2D eigenvalue weighted by Crippen LogP contribution is -2.45. The minimum absolute atomic E-state index is 0.0448. The molecule has 1 saturated carbocycles. The van der Waals surface area contributed by atoms with E-state index in [-0.39, 0.29) is 11.3 Å². The Labute approximate surface area is 106 Å². The van der Waals surface area contributed by atoms with Gasteiger partial charge >= 0.3 is 5.97 Å². The largest absolute Gasteiger partial charge is 0.480 e. The SMILES string of the molecule is CCCC1SCC(C(=O)O)N1C(=O)CC1CC1. The van der Waals surface area contributed by atoms with Crippen molar-refractivity contribution in [2.75, 3.05) is 5.75 Å². The summed E-state index contributed by atoms with van der Waals surface area (Å²) in [6.45, 7) is 2.07. The molecule has 2 fully saturated rings. The Morgan fingerprint density at radius 2 is 2.12 bits per heavy atom. The number of aliphatic carboxylic acids is 1. The molecule has 5 heteroatoms. The molecule has 0 aromatic carbocycles. The van der Waals surface area contributed by atoms with Crippen LogP contribution in [0.3, 0.4) is 0 Å². The van der Waals surface area contributed by atoms with Gasteiger partial charge in [0.1, 0.15) is 6.04 Å². The number of carbonyl (C=O) groups is 2. The van der Waals surface area contributed by atoms with Crippen LogP contribution in [0.5, 0.6) is 0 Å². The Balaban J connectivity index is 2.04. The molecule has 4 nitrogen and oxygen atoms in total. The summed E-state index contributed by atoms with van der Waals surface area (Å²) in [6, 6.07) is -0.609. The molecule has 2 unspecified atom stereocenters. The van der Waals surface area contributed by atoms with Crippen molar-refractivity contribution in [1.29, 1.82) is 0 Å². The fraction of sp³-hybridized carbons (Fsp3) is 0.833. The third-order valence-electron chi connectivity index (χ3n) is 3.36. The highest BCUT2D eigenvalue weighted by atomic mass is 32.2. The Hall–Kier alpha value is -0.710. The molecule has 1 saturated heterocycles. The summed E-state index contributed by atoms with van der Waals surface area (Å²) in [5, 5.41) is 9.24. The standard InChI is InChI=1S/C12H19NO3S/c1-2-3-11-13(9(7-17-11)12(15)16)10(14)6-8-4-5-8/h8-9,11H,2-7H2,1H3,(H,15,16). The number of hydrogen-bond acceptors (Lipinski definition) is 3. The average molecular weight is 257 g/mol. The maximum atomic E-state index is 12.1. The molecule has 0 spiro atoms. The first-order chi connectivity index (χ1) is 8.13. The van der Waals surface area contributed by atoms with Crippen molar-refractivity contribution in [2.24, 2.45) is 5.92 Å². The van der Waals surface area contributed by atoms with Crippen LogP contribution in [-0.2, 0) is 9.59 Å². The van der Waals surface area contributed by atoms with E-state index in [4.69, 9.17) is 5.11 Å². The normalized spacial score (nSPS) is 28.4. The predicted molar refractivity (Wildman–Crippen MR) is 66.8 cm³/mol. The molecule has 2 atom stereocenters. The average Bonchev–Trinajstić information content (AvgIpc) is 2.96. The number of rotatable bonds is 5. The first kappa shape index (κ1) is 12.7. The van der Waals surface area contributed by atoms with Crippen molar-refractivity contribution in [1.82, 2.24) is 4.90 Å². The number of nitrogens with zero attached hydrogens (tertiary/aromatic N) is 1. The van der Waals surface area contributed by atoms with E-state index in [1.54, 1.807) is 16.7 Å². The van der Waals surface area contributed by atoms with Gasteiger partial charge in [0, 0.05) is 12.2 Å². The van der Waals surface area contributed by atoms with Crippen molar-refractivity contribution in [2.45, 2.75) is 50.4 Å². The van der Waals surface area contributed by atoms with Gasteiger partial charge in [0.25, 0.3) is 0 Å². The summed E-state index contributed by atoms with van der Waals surface area (Å²) in [6.07, 6.45) is 4.68. The van der Waals surface area contributed by atoms with Gasteiger partial charge in [0.05, 0.1) is 5.37 Å². The molecule has 17 heavy (non-hydrogen) atoms. The molecule has 96 valence electrons. The van der Waals surface area contributed by atoms with E-state index in [2.05, 4.69) is 6.92 Å². The van der Waals surface area contributed by atoms with Crippen LogP contribution in [0.25, 0.3) is 0 Å². The van der Waals surface area contributed by atoms with Crippen LogP contribution < -0.4 is 0 Å². The van der Waals surface area contributed by atoms with Crippen molar-refractivity contribution in [3.63, 3.8) is 0 Å². The Bertz CT molecular complexity index is 317. The van der Waals surface area contributed by atoms with Gasteiger partial charge in [-0.25, -0.2) is 4.79 Å². The summed E-state index contributed by atoms with van der Waals surface area (Å²) >= 11 is 1.61. The fourth-order valence-electron chi connectivity index (χ4n) is 2.23. The van der Waals surface area contributed by atoms with E-state index in [1.165, 1.54) is 0 Å². The van der Waals surface area contributed by atoms with Crippen LogP contribution in [0, 0.1) is 5.92 Å². The minimum atomic E-state index is -0.861. The Kier molecular flexibility index (Phi) is 3.97. The molecule has 1 aliphatic carbocycles. The highest BCUT2D eigenvalue weighted by Crippen LogP contribution is 2.37. The molecular formula is C12H19NO3S.